The highest BCUT2D eigenvalue weighted by Gasteiger charge is 2.26. The maximum atomic E-state index is 13.0. The second-order valence-electron chi connectivity index (χ2n) is 10.4. The van der Waals surface area contributed by atoms with E-state index in [0.717, 1.165) is 23.2 Å². The molecule has 11 nitrogen and oxygen atoms in total. The Hall–Kier alpha value is -3.44. The molecule has 11 heteroatoms. The van der Waals surface area contributed by atoms with Crippen molar-refractivity contribution in [3.63, 3.8) is 0 Å². The molecule has 1 aromatic carbocycles. The van der Waals surface area contributed by atoms with Gasteiger partial charge in [0.05, 0.1) is 18.8 Å². The summed E-state index contributed by atoms with van der Waals surface area (Å²) in [7, 11) is 3.06. The number of esters is 1. The molecule has 0 radical (unpaired) electrons. The molecular formula is C27H38N4O7. The first-order valence-electron chi connectivity index (χ1n) is 12.7. The monoisotopic (exact) mass is 530 g/mol. The molecule has 1 aliphatic heterocycles. The van der Waals surface area contributed by atoms with Crippen LogP contribution in [0.1, 0.15) is 32.0 Å². The Morgan fingerprint density at radius 1 is 1.05 bits per heavy atom. The van der Waals surface area contributed by atoms with Gasteiger partial charge in [-0.25, -0.2) is 14.4 Å². The number of alkyl carbamates (subject to hydrolysis) is 1. The third kappa shape index (κ3) is 7.55. The second-order valence-corrected chi connectivity index (χ2v) is 10.4. The largest absolute Gasteiger partial charge is 0.463 e. The summed E-state index contributed by atoms with van der Waals surface area (Å²) in [5, 5.41) is 2.64. The van der Waals surface area contributed by atoms with Crippen LogP contribution in [0.2, 0.25) is 0 Å². The van der Waals surface area contributed by atoms with Gasteiger partial charge >= 0.3 is 17.8 Å². The highest BCUT2D eigenvalue weighted by Crippen LogP contribution is 2.20. The maximum Gasteiger partial charge on any atom is 0.408 e. The molecule has 0 spiro atoms. The summed E-state index contributed by atoms with van der Waals surface area (Å²) < 4.78 is 18.7. The molecule has 1 atom stereocenters. The molecule has 1 aliphatic rings. The molecule has 2 heterocycles. The van der Waals surface area contributed by atoms with E-state index in [9.17, 15) is 19.2 Å². The second kappa shape index (κ2) is 12.4. The van der Waals surface area contributed by atoms with Gasteiger partial charge in [-0.05, 0) is 38.8 Å². The Labute approximate surface area is 222 Å². The van der Waals surface area contributed by atoms with Crippen LogP contribution in [0, 0.1) is 6.92 Å². The standard InChI is InChI=1S/C27H38N4O7/c1-18-22(23(32)30(6)26(35)29(18)5)20-9-7-19(8-10-20)17-21(28-25(34)38-27(2,3)4)24(33)37-16-13-31-11-14-36-15-12-31/h7-10,21H,11-17H2,1-6H3,(H,28,34). The number of rotatable bonds is 8. The first-order valence-corrected chi connectivity index (χ1v) is 12.7. The van der Waals surface area contributed by atoms with E-state index < -0.39 is 29.4 Å². The lowest BCUT2D eigenvalue weighted by atomic mass is 10.0. The number of benzene rings is 1. The average molecular weight is 531 g/mol. The Balaban J connectivity index is 1.76. The molecule has 1 fully saturated rings. The lowest BCUT2D eigenvalue weighted by molar-refractivity contribution is -0.146. The molecule has 0 saturated carbocycles. The molecule has 2 aromatic rings. The van der Waals surface area contributed by atoms with Crippen molar-refractivity contribution in [3.05, 3.63) is 56.4 Å². The number of ether oxygens (including phenoxy) is 3. The minimum Gasteiger partial charge on any atom is -0.463 e. The molecule has 1 amide bonds. The fourth-order valence-electron chi connectivity index (χ4n) is 4.16. The van der Waals surface area contributed by atoms with E-state index in [4.69, 9.17) is 14.2 Å². The van der Waals surface area contributed by atoms with Gasteiger partial charge in [-0.3, -0.25) is 14.3 Å². The van der Waals surface area contributed by atoms with Crippen LogP contribution in [-0.2, 0) is 39.5 Å². The zero-order chi connectivity index (χ0) is 28.0. The Morgan fingerprint density at radius 3 is 2.29 bits per heavy atom. The van der Waals surface area contributed by atoms with Gasteiger partial charge in [-0.2, -0.15) is 0 Å². The topological polar surface area (TPSA) is 121 Å². The van der Waals surface area contributed by atoms with Gasteiger partial charge in [-0.15, -0.1) is 0 Å². The normalized spacial score (nSPS) is 15.1. The molecule has 1 unspecified atom stereocenters. The van der Waals surface area contributed by atoms with Crippen molar-refractivity contribution in [2.24, 2.45) is 14.1 Å². The summed E-state index contributed by atoms with van der Waals surface area (Å²) in [4.78, 5) is 52.6. The predicted molar refractivity (Wildman–Crippen MR) is 142 cm³/mol. The number of amides is 1. The van der Waals surface area contributed by atoms with E-state index in [1.807, 2.05) is 0 Å². The summed E-state index contributed by atoms with van der Waals surface area (Å²) in [5.74, 6) is -0.559. The first-order chi connectivity index (χ1) is 17.9. The molecule has 1 aromatic heterocycles. The van der Waals surface area contributed by atoms with Crippen LogP contribution in [0.25, 0.3) is 11.1 Å². The van der Waals surface area contributed by atoms with Crippen LogP contribution < -0.4 is 16.6 Å². The average Bonchev–Trinajstić information content (AvgIpc) is 2.86. The number of nitrogens with one attached hydrogen (secondary N) is 1. The van der Waals surface area contributed by atoms with Crippen LogP contribution in [-0.4, -0.2) is 77.2 Å². The van der Waals surface area contributed by atoms with Crippen molar-refractivity contribution in [1.29, 1.82) is 0 Å². The summed E-state index contributed by atoms with van der Waals surface area (Å²) >= 11 is 0. The van der Waals surface area contributed by atoms with Gasteiger partial charge in [0, 0.05) is 45.8 Å². The van der Waals surface area contributed by atoms with E-state index in [1.165, 1.54) is 11.6 Å². The van der Waals surface area contributed by atoms with E-state index in [2.05, 4.69) is 10.2 Å². The van der Waals surface area contributed by atoms with Crippen molar-refractivity contribution in [2.75, 3.05) is 39.5 Å². The lowest BCUT2D eigenvalue weighted by Gasteiger charge is -2.27. The Kier molecular flexibility index (Phi) is 9.50. The number of morpholine rings is 1. The Morgan fingerprint density at radius 2 is 1.68 bits per heavy atom. The van der Waals surface area contributed by atoms with Crippen molar-refractivity contribution >= 4 is 12.1 Å². The van der Waals surface area contributed by atoms with Crippen molar-refractivity contribution in [1.82, 2.24) is 19.4 Å². The number of aromatic nitrogens is 2. The summed E-state index contributed by atoms with van der Waals surface area (Å²) in [6.07, 6.45) is -0.547. The van der Waals surface area contributed by atoms with Gasteiger partial charge in [-0.1, -0.05) is 24.3 Å². The molecule has 38 heavy (non-hydrogen) atoms. The van der Waals surface area contributed by atoms with Gasteiger partial charge in [0.2, 0.25) is 0 Å². The van der Waals surface area contributed by atoms with Gasteiger partial charge < -0.3 is 24.1 Å². The van der Waals surface area contributed by atoms with Crippen LogP contribution >= 0.6 is 0 Å². The Bertz CT molecular complexity index is 1250. The van der Waals surface area contributed by atoms with E-state index in [-0.39, 0.29) is 18.6 Å². The molecule has 3 rings (SSSR count). The number of carbonyl (C=O) groups excluding carboxylic acids is 2. The number of hydrogen-bond donors (Lipinski definition) is 1. The minimum absolute atomic E-state index is 0.167. The zero-order valence-corrected chi connectivity index (χ0v) is 23.0. The molecule has 0 aliphatic carbocycles. The summed E-state index contributed by atoms with van der Waals surface area (Å²) in [5.41, 5.74) is 0.872. The fraction of sp³-hybridized carbons (Fsp3) is 0.556. The zero-order valence-electron chi connectivity index (χ0n) is 23.0. The van der Waals surface area contributed by atoms with E-state index in [1.54, 1.807) is 59.0 Å². The van der Waals surface area contributed by atoms with Crippen molar-refractivity contribution in [2.45, 2.75) is 45.8 Å². The van der Waals surface area contributed by atoms with Crippen LogP contribution in [0.4, 0.5) is 4.79 Å². The van der Waals surface area contributed by atoms with Gasteiger partial charge in [0.25, 0.3) is 5.56 Å². The molecular weight excluding hydrogens is 492 g/mol. The number of carbonyl (C=O) groups is 2. The van der Waals surface area contributed by atoms with E-state index in [0.29, 0.717) is 36.6 Å². The molecule has 1 N–H and O–H groups in total. The quantitative estimate of drug-likeness (QED) is 0.508. The highest BCUT2D eigenvalue weighted by molar-refractivity contribution is 5.82. The molecule has 1 saturated heterocycles. The SMILES string of the molecule is Cc1c(-c2ccc(CC(NC(=O)OC(C)(C)C)C(=O)OCCN3CCOCC3)cc2)c(=O)n(C)c(=O)n1C. The molecule has 208 valence electrons. The third-order valence-electron chi connectivity index (χ3n) is 6.37. The minimum atomic E-state index is -0.965. The highest BCUT2D eigenvalue weighted by atomic mass is 16.6. The third-order valence-corrected chi connectivity index (χ3v) is 6.37. The van der Waals surface area contributed by atoms with Crippen LogP contribution in [0.15, 0.2) is 33.9 Å². The van der Waals surface area contributed by atoms with Gasteiger partial charge in [0.1, 0.15) is 18.2 Å². The number of nitrogens with zero attached hydrogens (tertiary/aromatic N) is 3. The number of hydrogen-bond acceptors (Lipinski definition) is 8. The van der Waals surface area contributed by atoms with Crippen molar-refractivity contribution in [3.8, 4) is 11.1 Å². The smallest absolute Gasteiger partial charge is 0.408 e. The summed E-state index contributed by atoms with van der Waals surface area (Å²) in [6, 6.07) is 6.12. The molecule has 0 bridgehead atoms. The van der Waals surface area contributed by atoms with Gasteiger partial charge in [0.15, 0.2) is 0 Å². The van der Waals surface area contributed by atoms with E-state index >= 15 is 0 Å². The summed E-state index contributed by atoms with van der Waals surface area (Å²) in [6.45, 7) is 10.6. The fourth-order valence-corrected chi connectivity index (χ4v) is 4.16. The van der Waals surface area contributed by atoms with Crippen LogP contribution in [0.5, 0.6) is 0 Å². The van der Waals surface area contributed by atoms with Crippen LogP contribution in [0.3, 0.4) is 0 Å². The maximum absolute atomic E-state index is 13.0. The van der Waals surface area contributed by atoms with Crippen molar-refractivity contribution < 1.29 is 23.8 Å². The first kappa shape index (κ1) is 29.1. The predicted octanol–water partition coefficient (Wildman–Crippen LogP) is 1.37. The lowest BCUT2D eigenvalue weighted by Crippen LogP contribution is -2.46.